The first-order chi connectivity index (χ1) is 13.0. The number of anilines is 2. The number of amides is 3. The first-order valence-corrected chi connectivity index (χ1v) is 8.56. The molecule has 0 saturated heterocycles. The minimum Gasteiger partial charge on any atom is -0.508 e. The predicted molar refractivity (Wildman–Crippen MR) is 104 cm³/mol. The summed E-state index contributed by atoms with van der Waals surface area (Å²) >= 11 is 5.86. The van der Waals surface area contributed by atoms with Gasteiger partial charge >= 0.3 is 12.1 Å². The molecule has 1 heterocycles. The van der Waals surface area contributed by atoms with Gasteiger partial charge in [-0.2, -0.15) is 4.90 Å². The SMILES string of the molecule is COc1cc(O)cc(N(C(=O)OC(C)(C)C)C(=O)N(C)c2cc(Cl)ncn2)c1. The average molecular weight is 409 g/mol. The van der Waals surface area contributed by atoms with Crippen molar-refractivity contribution in [3.8, 4) is 11.5 Å². The highest BCUT2D eigenvalue weighted by Gasteiger charge is 2.32. The van der Waals surface area contributed by atoms with E-state index in [0.29, 0.717) is 0 Å². The molecule has 0 atom stereocenters. The Hall–Kier alpha value is -3.07. The van der Waals surface area contributed by atoms with Crippen LogP contribution in [-0.2, 0) is 4.74 Å². The van der Waals surface area contributed by atoms with Crippen molar-refractivity contribution in [3.63, 3.8) is 0 Å². The molecular formula is C18H21ClN4O5. The molecule has 0 spiro atoms. The summed E-state index contributed by atoms with van der Waals surface area (Å²) in [6.45, 7) is 5.01. The van der Waals surface area contributed by atoms with Gasteiger partial charge in [0, 0.05) is 31.3 Å². The smallest absolute Gasteiger partial charge is 0.423 e. The highest BCUT2D eigenvalue weighted by molar-refractivity contribution is 6.29. The minimum atomic E-state index is -0.933. The highest BCUT2D eigenvalue weighted by atomic mass is 35.5. The molecule has 0 fully saturated rings. The molecule has 0 saturated carbocycles. The van der Waals surface area contributed by atoms with Crippen LogP contribution in [-0.4, -0.2) is 47.0 Å². The standard InChI is InChI=1S/C18H21ClN4O5/c1-18(2,3)28-17(26)23(11-6-12(24)8-13(7-11)27-5)16(25)22(4)15-9-14(19)20-10-21-15/h6-10,24H,1-5H3. The van der Waals surface area contributed by atoms with E-state index in [1.807, 2.05) is 0 Å². The van der Waals surface area contributed by atoms with E-state index in [1.165, 1.54) is 44.8 Å². The minimum absolute atomic E-state index is 0.0584. The van der Waals surface area contributed by atoms with Crippen molar-refractivity contribution in [2.45, 2.75) is 26.4 Å². The number of rotatable bonds is 3. The van der Waals surface area contributed by atoms with Crippen LogP contribution in [0.25, 0.3) is 0 Å². The van der Waals surface area contributed by atoms with Crippen molar-refractivity contribution >= 4 is 35.2 Å². The number of nitrogens with zero attached hydrogens (tertiary/aromatic N) is 4. The maximum Gasteiger partial charge on any atom is 0.423 e. The number of halogens is 1. The number of phenols is 1. The molecule has 1 aromatic carbocycles. The zero-order valence-electron chi connectivity index (χ0n) is 16.1. The third kappa shape index (κ3) is 5.23. The summed E-state index contributed by atoms with van der Waals surface area (Å²) in [7, 11) is 2.81. The Morgan fingerprint density at radius 2 is 1.82 bits per heavy atom. The number of phenolic OH excluding ortho intramolecular Hbond substituents is 1. The number of carbonyl (C=O) groups excluding carboxylic acids is 2. The summed E-state index contributed by atoms with van der Waals surface area (Å²) in [5.74, 6) is 0.234. The summed E-state index contributed by atoms with van der Waals surface area (Å²) in [6, 6.07) is 4.59. The summed E-state index contributed by atoms with van der Waals surface area (Å²) in [5, 5.41) is 10.1. The molecule has 28 heavy (non-hydrogen) atoms. The van der Waals surface area contributed by atoms with Gasteiger partial charge in [0.2, 0.25) is 0 Å². The van der Waals surface area contributed by atoms with Crippen LogP contribution in [0.3, 0.4) is 0 Å². The predicted octanol–water partition coefficient (Wildman–Crippen LogP) is 3.84. The third-order valence-electron chi connectivity index (χ3n) is 3.39. The molecule has 10 heteroatoms. The van der Waals surface area contributed by atoms with E-state index in [4.69, 9.17) is 21.1 Å². The lowest BCUT2D eigenvalue weighted by molar-refractivity contribution is 0.0594. The maximum absolute atomic E-state index is 13.1. The lowest BCUT2D eigenvalue weighted by Gasteiger charge is -2.29. The van der Waals surface area contributed by atoms with Crippen LogP contribution in [0, 0.1) is 0 Å². The van der Waals surface area contributed by atoms with E-state index < -0.39 is 17.7 Å². The van der Waals surface area contributed by atoms with E-state index in [0.717, 1.165) is 9.80 Å². The molecule has 2 rings (SSSR count). The van der Waals surface area contributed by atoms with Crippen molar-refractivity contribution in [1.82, 2.24) is 9.97 Å². The van der Waals surface area contributed by atoms with Gasteiger partial charge in [0.05, 0.1) is 12.8 Å². The number of carbonyl (C=O) groups is 2. The molecule has 1 N–H and O–H groups in total. The van der Waals surface area contributed by atoms with Crippen LogP contribution in [0.2, 0.25) is 5.15 Å². The number of methoxy groups -OCH3 is 1. The van der Waals surface area contributed by atoms with Crippen LogP contribution in [0.5, 0.6) is 11.5 Å². The Morgan fingerprint density at radius 3 is 2.39 bits per heavy atom. The van der Waals surface area contributed by atoms with Crippen LogP contribution >= 0.6 is 11.6 Å². The Bertz CT molecular complexity index is 885. The van der Waals surface area contributed by atoms with Crippen molar-refractivity contribution in [2.75, 3.05) is 24.0 Å². The third-order valence-corrected chi connectivity index (χ3v) is 3.59. The Labute approximate surface area is 167 Å². The van der Waals surface area contributed by atoms with Gasteiger partial charge in [0.15, 0.2) is 0 Å². The van der Waals surface area contributed by atoms with E-state index in [9.17, 15) is 14.7 Å². The van der Waals surface area contributed by atoms with Gasteiger partial charge in [-0.15, -0.1) is 0 Å². The van der Waals surface area contributed by atoms with Gasteiger partial charge < -0.3 is 14.6 Å². The number of hydrogen-bond donors (Lipinski definition) is 1. The highest BCUT2D eigenvalue weighted by Crippen LogP contribution is 2.30. The van der Waals surface area contributed by atoms with Crippen molar-refractivity contribution in [1.29, 1.82) is 0 Å². The first-order valence-electron chi connectivity index (χ1n) is 8.18. The van der Waals surface area contributed by atoms with Gasteiger partial charge in [0.1, 0.15) is 34.4 Å². The second kappa shape index (κ2) is 8.30. The molecule has 0 aliphatic rings. The topological polar surface area (TPSA) is 105 Å². The molecule has 2 aromatic rings. The molecule has 9 nitrogen and oxygen atoms in total. The number of urea groups is 1. The van der Waals surface area contributed by atoms with E-state index in [1.54, 1.807) is 20.8 Å². The van der Waals surface area contributed by atoms with Crippen molar-refractivity contribution in [2.24, 2.45) is 0 Å². The summed E-state index contributed by atoms with van der Waals surface area (Å²) in [6.07, 6.45) is 0.258. The maximum atomic E-state index is 13.1. The number of imide groups is 1. The van der Waals surface area contributed by atoms with E-state index in [-0.39, 0.29) is 28.2 Å². The van der Waals surface area contributed by atoms with Gasteiger partial charge in [-0.3, -0.25) is 4.90 Å². The van der Waals surface area contributed by atoms with Crippen molar-refractivity contribution in [3.05, 3.63) is 35.7 Å². The average Bonchev–Trinajstić information content (AvgIpc) is 2.59. The Balaban J connectivity index is 2.50. The molecule has 150 valence electrons. The normalized spacial score (nSPS) is 10.9. The van der Waals surface area contributed by atoms with Crippen LogP contribution < -0.4 is 14.5 Å². The number of ether oxygens (including phenoxy) is 2. The Morgan fingerprint density at radius 1 is 1.14 bits per heavy atom. The molecule has 0 aliphatic carbocycles. The van der Waals surface area contributed by atoms with Gasteiger partial charge in [-0.1, -0.05) is 11.6 Å². The summed E-state index contributed by atoms with van der Waals surface area (Å²) in [5.41, 5.74) is -0.795. The zero-order valence-corrected chi connectivity index (χ0v) is 16.9. The fourth-order valence-electron chi connectivity index (χ4n) is 2.17. The molecule has 0 radical (unpaired) electrons. The van der Waals surface area contributed by atoms with Crippen LogP contribution in [0.1, 0.15) is 20.8 Å². The monoisotopic (exact) mass is 408 g/mol. The van der Waals surface area contributed by atoms with Gasteiger partial charge in [-0.25, -0.2) is 19.6 Å². The van der Waals surface area contributed by atoms with E-state index in [2.05, 4.69) is 9.97 Å². The van der Waals surface area contributed by atoms with E-state index >= 15 is 0 Å². The fraction of sp³-hybridized carbons (Fsp3) is 0.333. The molecule has 1 aromatic heterocycles. The lowest BCUT2D eigenvalue weighted by atomic mass is 10.2. The van der Waals surface area contributed by atoms with Crippen LogP contribution in [0.15, 0.2) is 30.6 Å². The summed E-state index contributed by atoms with van der Waals surface area (Å²) in [4.78, 5) is 35.5. The quantitative estimate of drug-likeness (QED) is 0.769. The first kappa shape index (κ1) is 21.2. The second-order valence-electron chi connectivity index (χ2n) is 6.75. The second-order valence-corrected chi connectivity index (χ2v) is 7.13. The lowest BCUT2D eigenvalue weighted by Crippen LogP contribution is -2.47. The summed E-state index contributed by atoms with van der Waals surface area (Å²) < 4.78 is 10.5. The van der Waals surface area contributed by atoms with Gasteiger partial charge in [0.25, 0.3) is 0 Å². The Kier molecular flexibility index (Phi) is 6.30. The zero-order chi connectivity index (χ0) is 21.1. The number of hydrogen-bond acceptors (Lipinski definition) is 7. The van der Waals surface area contributed by atoms with Crippen LogP contribution in [0.4, 0.5) is 21.1 Å². The number of aromatic nitrogens is 2. The van der Waals surface area contributed by atoms with Crippen molar-refractivity contribution < 1.29 is 24.2 Å². The molecule has 3 amide bonds. The molecule has 0 aliphatic heterocycles. The number of aromatic hydroxyl groups is 1. The largest absolute Gasteiger partial charge is 0.508 e. The molecule has 0 bridgehead atoms. The van der Waals surface area contributed by atoms with Gasteiger partial charge in [-0.05, 0) is 20.8 Å². The number of benzene rings is 1. The molecular weight excluding hydrogens is 388 g/mol. The fourth-order valence-corrected chi connectivity index (χ4v) is 2.31. The molecule has 0 unspecified atom stereocenters.